The molecule has 0 saturated heterocycles. The summed E-state index contributed by atoms with van der Waals surface area (Å²) in [6.45, 7) is 0.703. The first-order chi connectivity index (χ1) is 14.9. The Labute approximate surface area is 182 Å². The predicted molar refractivity (Wildman–Crippen MR) is 118 cm³/mol. The van der Waals surface area contributed by atoms with Crippen molar-refractivity contribution in [2.75, 3.05) is 6.61 Å². The molecule has 1 atom stereocenters. The minimum absolute atomic E-state index is 0.132. The van der Waals surface area contributed by atoms with Crippen molar-refractivity contribution < 1.29 is 24.2 Å². The maximum atomic E-state index is 12.1. The number of nitrogens with one attached hydrogen (secondary N) is 1. The molecule has 166 valence electrons. The second-order valence-corrected chi connectivity index (χ2v) is 7.42. The van der Waals surface area contributed by atoms with E-state index >= 15 is 0 Å². The van der Waals surface area contributed by atoms with Crippen molar-refractivity contribution in [1.82, 2.24) is 0 Å². The van der Waals surface area contributed by atoms with Gasteiger partial charge in [-0.15, -0.1) is 0 Å². The standard InChI is InChI=1S/C24H30N2O5/c25-22(26)9-5-2-6-14-30-21-12-10-18(11-13-21)15-20(24(28)29)16-23(27)31-17-19-7-3-1-4-8-19/h1,3-4,7-8,10-13,20H,2,5-6,9,14-17H2,(H3,25,26)(H,28,29)/t20-/m1/s1. The molecule has 0 spiro atoms. The van der Waals surface area contributed by atoms with Gasteiger partial charge in [0.25, 0.3) is 0 Å². The fraction of sp³-hybridized carbons (Fsp3) is 0.375. The van der Waals surface area contributed by atoms with Crippen LogP contribution in [-0.4, -0.2) is 29.5 Å². The van der Waals surface area contributed by atoms with Crippen LogP contribution in [0.2, 0.25) is 0 Å². The van der Waals surface area contributed by atoms with Gasteiger partial charge in [-0.05, 0) is 48.9 Å². The average Bonchev–Trinajstić information content (AvgIpc) is 2.75. The summed E-state index contributed by atoms with van der Waals surface area (Å²) in [6.07, 6.45) is 3.36. The van der Waals surface area contributed by atoms with Crippen LogP contribution in [0.15, 0.2) is 54.6 Å². The Morgan fingerprint density at radius 2 is 1.68 bits per heavy atom. The Bertz CT molecular complexity index is 837. The van der Waals surface area contributed by atoms with E-state index in [-0.39, 0.29) is 25.3 Å². The Kier molecular flexibility index (Phi) is 10.1. The number of benzene rings is 2. The van der Waals surface area contributed by atoms with Crippen LogP contribution in [0.1, 0.15) is 43.2 Å². The Morgan fingerprint density at radius 1 is 0.968 bits per heavy atom. The molecule has 0 radical (unpaired) electrons. The fourth-order valence-corrected chi connectivity index (χ4v) is 3.04. The summed E-state index contributed by atoms with van der Waals surface area (Å²) in [4.78, 5) is 23.7. The smallest absolute Gasteiger partial charge is 0.307 e. The topological polar surface area (TPSA) is 123 Å². The highest BCUT2D eigenvalue weighted by Gasteiger charge is 2.22. The van der Waals surface area contributed by atoms with Crippen LogP contribution in [0.5, 0.6) is 5.75 Å². The van der Waals surface area contributed by atoms with Crippen LogP contribution in [0.25, 0.3) is 0 Å². The first-order valence-electron chi connectivity index (χ1n) is 10.4. The third-order valence-corrected chi connectivity index (χ3v) is 4.77. The van der Waals surface area contributed by atoms with Gasteiger partial charge in [-0.3, -0.25) is 15.0 Å². The van der Waals surface area contributed by atoms with Gasteiger partial charge in [0.1, 0.15) is 12.4 Å². The maximum absolute atomic E-state index is 12.1. The van der Waals surface area contributed by atoms with Gasteiger partial charge in [0, 0.05) is 6.42 Å². The number of aliphatic carboxylic acids is 1. The number of carbonyl (C=O) groups excluding carboxylic acids is 1. The first kappa shape index (κ1) is 23.9. The summed E-state index contributed by atoms with van der Waals surface area (Å²) in [5.74, 6) is -1.48. The molecule has 2 rings (SSSR count). The number of rotatable bonds is 14. The van der Waals surface area contributed by atoms with Crippen LogP contribution >= 0.6 is 0 Å². The molecule has 0 unspecified atom stereocenters. The lowest BCUT2D eigenvalue weighted by Crippen LogP contribution is -2.21. The van der Waals surface area contributed by atoms with Crippen LogP contribution < -0.4 is 10.5 Å². The number of carbonyl (C=O) groups is 2. The number of hydrogen-bond donors (Lipinski definition) is 3. The van der Waals surface area contributed by atoms with E-state index in [9.17, 15) is 14.7 Å². The summed E-state index contributed by atoms with van der Waals surface area (Å²) in [5, 5.41) is 16.7. The largest absolute Gasteiger partial charge is 0.494 e. The van der Waals surface area contributed by atoms with Gasteiger partial charge < -0.3 is 20.3 Å². The highest BCUT2D eigenvalue weighted by molar-refractivity contribution is 5.79. The number of esters is 1. The zero-order chi connectivity index (χ0) is 22.5. The molecule has 0 aliphatic rings. The highest BCUT2D eigenvalue weighted by Crippen LogP contribution is 2.18. The van der Waals surface area contributed by atoms with Crippen molar-refractivity contribution in [3.8, 4) is 5.75 Å². The van der Waals surface area contributed by atoms with Gasteiger partial charge >= 0.3 is 11.9 Å². The van der Waals surface area contributed by atoms with E-state index in [4.69, 9.17) is 20.6 Å². The van der Waals surface area contributed by atoms with Gasteiger partial charge in [-0.2, -0.15) is 0 Å². The van der Waals surface area contributed by atoms with E-state index < -0.39 is 17.9 Å². The van der Waals surface area contributed by atoms with Crippen LogP contribution in [0.4, 0.5) is 0 Å². The van der Waals surface area contributed by atoms with Crippen LogP contribution in [-0.2, 0) is 27.4 Å². The zero-order valence-corrected chi connectivity index (χ0v) is 17.6. The number of nitrogens with two attached hydrogens (primary N) is 1. The molecule has 0 aliphatic carbocycles. The van der Waals surface area contributed by atoms with E-state index in [1.807, 2.05) is 42.5 Å². The monoisotopic (exact) mass is 426 g/mol. The lowest BCUT2D eigenvalue weighted by molar-refractivity contribution is -0.152. The summed E-state index contributed by atoms with van der Waals surface area (Å²) in [7, 11) is 0. The van der Waals surface area contributed by atoms with E-state index in [0.29, 0.717) is 18.8 Å². The molecule has 4 N–H and O–H groups in total. The molecule has 0 amide bonds. The predicted octanol–water partition coefficient (Wildman–Crippen LogP) is 3.94. The number of carboxylic acids is 1. The zero-order valence-electron chi connectivity index (χ0n) is 17.6. The highest BCUT2D eigenvalue weighted by atomic mass is 16.5. The van der Waals surface area contributed by atoms with Crippen LogP contribution in [0.3, 0.4) is 0 Å². The van der Waals surface area contributed by atoms with E-state index in [1.54, 1.807) is 12.1 Å². The molecule has 7 heteroatoms. The second kappa shape index (κ2) is 13.1. The lowest BCUT2D eigenvalue weighted by atomic mass is 9.96. The minimum atomic E-state index is -1.03. The molecule has 0 aromatic heterocycles. The SMILES string of the molecule is N=C(N)CCCCCOc1ccc(C[C@H](CC(=O)OCc2ccccc2)C(=O)O)cc1. The normalized spacial score (nSPS) is 11.5. The fourth-order valence-electron chi connectivity index (χ4n) is 3.04. The van der Waals surface area contributed by atoms with Gasteiger partial charge in [-0.25, -0.2) is 0 Å². The first-order valence-corrected chi connectivity index (χ1v) is 10.4. The van der Waals surface area contributed by atoms with Crippen molar-refractivity contribution in [3.05, 3.63) is 65.7 Å². The van der Waals surface area contributed by atoms with Gasteiger partial charge in [0.15, 0.2) is 0 Å². The van der Waals surface area contributed by atoms with Gasteiger partial charge in [-0.1, -0.05) is 42.5 Å². The molecule has 0 bridgehead atoms. The third kappa shape index (κ3) is 9.80. The molecular formula is C24H30N2O5. The number of unbranched alkanes of at least 4 members (excludes halogenated alkanes) is 2. The van der Waals surface area contributed by atoms with Gasteiger partial charge in [0.2, 0.25) is 0 Å². The molecule has 7 nitrogen and oxygen atoms in total. The average molecular weight is 427 g/mol. The molecular weight excluding hydrogens is 396 g/mol. The van der Waals surface area contributed by atoms with Crippen molar-refractivity contribution >= 4 is 17.8 Å². The number of amidine groups is 1. The molecule has 0 heterocycles. The Hall–Kier alpha value is -3.35. The Balaban J connectivity index is 1.75. The summed E-state index contributed by atoms with van der Waals surface area (Å²) >= 11 is 0. The summed E-state index contributed by atoms with van der Waals surface area (Å²) in [6, 6.07) is 16.5. The van der Waals surface area contributed by atoms with Gasteiger partial charge in [0.05, 0.1) is 24.8 Å². The summed E-state index contributed by atoms with van der Waals surface area (Å²) in [5.41, 5.74) is 7.00. The van der Waals surface area contributed by atoms with Crippen molar-refractivity contribution in [2.45, 2.75) is 45.1 Å². The molecule has 2 aromatic carbocycles. The van der Waals surface area contributed by atoms with Crippen molar-refractivity contribution in [1.29, 1.82) is 5.41 Å². The van der Waals surface area contributed by atoms with E-state index in [2.05, 4.69) is 0 Å². The van der Waals surface area contributed by atoms with E-state index in [0.717, 1.165) is 30.4 Å². The van der Waals surface area contributed by atoms with E-state index in [1.165, 1.54) is 0 Å². The summed E-state index contributed by atoms with van der Waals surface area (Å²) < 4.78 is 10.9. The van der Waals surface area contributed by atoms with Crippen molar-refractivity contribution in [2.24, 2.45) is 11.7 Å². The molecule has 31 heavy (non-hydrogen) atoms. The quantitative estimate of drug-likeness (QED) is 0.182. The second-order valence-electron chi connectivity index (χ2n) is 7.42. The van der Waals surface area contributed by atoms with Crippen LogP contribution in [0, 0.1) is 11.3 Å². The third-order valence-electron chi connectivity index (χ3n) is 4.77. The number of ether oxygens (including phenoxy) is 2. The Morgan fingerprint density at radius 3 is 2.32 bits per heavy atom. The number of carboxylic acid groups (broad SMARTS) is 1. The molecule has 0 aliphatic heterocycles. The van der Waals surface area contributed by atoms with Crippen molar-refractivity contribution in [3.63, 3.8) is 0 Å². The molecule has 2 aromatic rings. The molecule has 0 fully saturated rings. The minimum Gasteiger partial charge on any atom is -0.494 e. The number of hydrogen-bond acceptors (Lipinski definition) is 5. The lowest BCUT2D eigenvalue weighted by Gasteiger charge is -2.13. The molecule has 0 saturated carbocycles. The maximum Gasteiger partial charge on any atom is 0.307 e.